The molecule has 1 saturated heterocycles. The zero-order chi connectivity index (χ0) is 15.8. The van der Waals surface area contributed by atoms with Gasteiger partial charge in [0.15, 0.2) is 0 Å². The van der Waals surface area contributed by atoms with E-state index in [9.17, 15) is 0 Å². The Labute approximate surface area is 138 Å². The van der Waals surface area contributed by atoms with Crippen LogP contribution in [0.3, 0.4) is 0 Å². The molecule has 6 nitrogen and oxygen atoms in total. The maximum atomic E-state index is 6.02. The van der Waals surface area contributed by atoms with Crippen LogP contribution in [0.4, 0.5) is 5.82 Å². The zero-order valence-electron chi connectivity index (χ0n) is 13.2. The standard InChI is InChI=1S/C16H19N5OS/c1-10-8-11-14(18-9-19-16(11)23-10)20-12-4-3-7-22-13(12)15-17-5-6-21(15)2/h5-6,8-9,12-13H,3-4,7H2,1-2H3,(H,18,19,20)/t12-,13-/m0/s1. The number of aryl methyl sites for hydroxylation is 2. The summed E-state index contributed by atoms with van der Waals surface area (Å²) in [5.41, 5.74) is 0. The van der Waals surface area contributed by atoms with Crippen LogP contribution in [0.5, 0.6) is 0 Å². The van der Waals surface area contributed by atoms with E-state index in [0.29, 0.717) is 0 Å². The first-order valence-electron chi connectivity index (χ1n) is 7.79. The number of rotatable bonds is 3. The second-order valence-electron chi connectivity index (χ2n) is 5.88. The summed E-state index contributed by atoms with van der Waals surface area (Å²) in [6, 6.07) is 2.30. The van der Waals surface area contributed by atoms with Crippen LogP contribution in [-0.4, -0.2) is 32.2 Å². The molecular formula is C16H19N5OS. The Morgan fingerprint density at radius 3 is 3.09 bits per heavy atom. The van der Waals surface area contributed by atoms with Crippen molar-refractivity contribution in [1.29, 1.82) is 0 Å². The largest absolute Gasteiger partial charge is 0.368 e. The number of thiophene rings is 1. The van der Waals surface area contributed by atoms with Gasteiger partial charge in [-0.25, -0.2) is 15.0 Å². The van der Waals surface area contributed by atoms with Crippen LogP contribution in [0.2, 0.25) is 0 Å². The summed E-state index contributed by atoms with van der Waals surface area (Å²) >= 11 is 1.69. The topological polar surface area (TPSA) is 64.9 Å². The predicted octanol–water partition coefficient (Wildman–Crippen LogP) is 3.07. The van der Waals surface area contributed by atoms with Crippen LogP contribution < -0.4 is 5.32 Å². The molecular weight excluding hydrogens is 310 g/mol. The van der Waals surface area contributed by atoms with Gasteiger partial charge in [-0.05, 0) is 25.8 Å². The SMILES string of the molecule is Cc1cc2c(N[C@H]3CCCO[C@@H]3c3nccn3C)ncnc2s1. The van der Waals surface area contributed by atoms with E-state index in [0.717, 1.165) is 41.3 Å². The molecule has 23 heavy (non-hydrogen) atoms. The van der Waals surface area contributed by atoms with Crippen molar-refractivity contribution in [3.05, 3.63) is 35.5 Å². The Bertz CT molecular complexity index is 827. The highest BCUT2D eigenvalue weighted by atomic mass is 32.1. The molecule has 3 aromatic rings. The number of ether oxygens (including phenoxy) is 1. The first-order valence-corrected chi connectivity index (χ1v) is 8.60. The number of nitrogens with zero attached hydrogens (tertiary/aromatic N) is 4. The summed E-state index contributed by atoms with van der Waals surface area (Å²) in [5, 5.41) is 4.66. The van der Waals surface area contributed by atoms with Gasteiger partial charge >= 0.3 is 0 Å². The van der Waals surface area contributed by atoms with Crippen LogP contribution in [0.25, 0.3) is 10.2 Å². The number of fused-ring (bicyclic) bond motifs is 1. The molecule has 1 N–H and O–H groups in total. The van der Waals surface area contributed by atoms with Gasteiger partial charge in [0.1, 0.15) is 28.9 Å². The van der Waals surface area contributed by atoms with E-state index in [4.69, 9.17) is 4.74 Å². The molecule has 1 aliphatic heterocycles. The van der Waals surface area contributed by atoms with Gasteiger partial charge in [0.25, 0.3) is 0 Å². The number of nitrogens with one attached hydrogen (secondary N) is 1. The van der Waals surface area contributed by atoms with Crippen molar-refractivity contribution in [1.82, 2.24) is 19.5 Å². The van der Waals surface area contributed by atoms with E-state index in [1.807, 2.05) is 24.0 Å². The Kier molecular flexibility index (Phi) is 3.74. The average molecular weight is 329 g/mol. The minimum atomic E-state index is -0.0616. The number of hydrogen-bond donors (Lipinski definition) is 1. The number of anilines is 1. The molecule has 0 spiro atoms. The van der Waals surface area contributed by atoms with Crippen LogP contribution in [0.1, 0.15) is 29.6 Å². The number of hydrogen-bond acceptors (Lipinski definition) is 6. The average Bonchev–Trinajstić information content (AvgIpc) is 3.13. The normalized spacial score (nSPS) is 21.7. The third kappa shape index (κ3) is 2.70. The summed E-state index contributed by atoms with van der Waals surface area (Å²) < 4.78 is 8.04. The maximum absolute atomic E-state index is 6.02. The lowest BCUT2D eigenvalue weighted by molar-refractivity contribution is -0.00132. The fourth-order valence-corrected chi connectivity index (χ4v) is 3.95. The molecule has 0 amide bonds. The minimum absolute atomic E-state index is 0.0616. The fraction of sp³-hybridized carbons (Fsp3) is 0.438. The second-order valence-corrected chi connectivity index (χ2v) is 7.11. The molecule has 4 heterocycles. The van der Waals surface area contributed by atoms with Gasteiger partial charge in [-0.1, -0.05) is 0 Å². The molecule has 3 aromatic heterocycles. The van der Waals surface area contributed by atoms with E-state index in [2.05, 4.69) is 33.3 Å². The highest BCUT2D eigenvalue weighted by Gasteiger charge is 2.31. The smallest absolute Gasteiger partial charge is 0.139 e. The van der Waals surface area contributed by atoms with Crippen molar-refractivity contribution in [2.75, 3.05) is 11.9 Å². The van der Waals surface area contributed by atoms with Crippen LogP contribution in [-0.2, 0) is 11.8 Å². The summed E-state index contributed by atoms with van der Waals surface area (Å²) in [4.78, 5) is 15.5. The summed E-state index contributed by atoms with van der Waals surface area (Å²) in [7, 11) is 2.00. The number of aromatic nitrogens is 4. The molecule has 4 rings (SSSR count). The molecule has 0 unspecified atom stereocenters. The van der Waals surface area contributed by atoms with Gasteiger partial charge < -0.3 is 14.6 Å². The molecule has 0 saturated carbocycles. The Morgan fingerprint density at radius 1 is 1.35 bits per heavy atom. The van der Waals surface area contributed by atoms with Gasteiger partial charge in [-0.2, -0.15) is 0 Å². The molecule has 0 aromatic carbocycles. The van der Waals surface area contributed by atoms with E-state index in [1.54, 1.807) is 17.7 Å². The van der Waals surface area contributed by atoms with Crippen LogP contribution in [0.15, 0.2) is 24.8 Å². The molecule has 0 aliphatic carbocycles. The molecule has 2 atom stereocenters. The minimum Gasteiger partial charge on any atom is -0.368 e. The molecule has 1 aliphatic rings. The number of imidazole rings is 1. The highest BCUT2D eigenvalue weighted by molar-refractivity contribution is 7.18. The third-order valence-electron chi connectivity index (χ3n) is 4.21. The first kappa shape index (κ1) is 14.6. The van der Waals surface area contributed by atoms with Gasteiger partial charge in [0.05, 0.1) is 11.4 Å². The lowest BCUT2D eigenvalue weighted by Gasteiger charge is -2.32. The molecule has 7 heteroatoms. The first-order chi connectivity index (χ1) is 11.2. The van der Waals surface area contributed by atoms with Crippen molar-refractivity contribution in [3.63, 3.8) is 0 Å². The monoisotopic (exact) mass is 329 g/mol. The highest BCUT2D eigenvalue weighted by Crippen LogP contribution is 2.32. The van der Waals surface area contributed by atoms with Crippen molar-refractivity contribution >= 4 is 27.4 Å². The summed E-state index contributed by atoms with van der Waals surface area (Å²) in [6.07, 6.45) is 7.40. The zero-order valence-corrected chi connectivity index (χ0v) is 14.0. The molecule has 0 radical (unpaired) electrons. The fourth-order valence-electron chi connectivity index (χ4n) is 3.10. The molecule has 0 bridgehead atoms. The van der Waals surface area contributed by atoms with Gasteiger partial charge in [-0.3, -0.25) is 0 Å². The van der Waals surface area contributed by atoms with E-state index < -0.39 is 0 Å². The van der Waals surface area contributed by atoms with Crippen molar-refractivity contribution in [3.8, 4) is 0 Å². The Hall–Kier alpha value is -1.99. The van der Waals surface area contributed by atoms with Gasteiger partial charge in [-0.15, -0.1) is 11.3 Å². The maximum Gasteiger partial charge on any atom is 0.139 e. The molecule has 120 valence electrons. The van der Waals surface area contributed by atoms with E-state index in [-0.39, 0.29) is 12.1 Å². The van der Waals surface area contributed by atoms with E-state index in [1.165, 1.54) is 4.88 Å². The Balaban J connectivity index is 1.66. The summed E-state index contributed by atoms with van der Waals surface area (Å²) in [6.45, 7) is 2.86. The lowest BCUT2D eigenvalue weighted by Crippen LogP contribution is -2.35. The second kappa shape index (κ2) is 5.90. The quantitative estimate of drug-likeness (QED) is 0.800. The van der Waals surface area contributed by atoms with Crippen molar-refractivity contribution in [2.45, 2.75) is 31.9 Å². The van der Waals surface area contributed by atoms with Gasteiger partial charge in [0.2, 0.25) is 0 Å². The van der Waals surface area contributed by atoms with E-state index >= 15 is 0 Å². The van der Waals surface area contributed by atoms with Crippen molar-refractivity contribution < 1.29 is 4.74 Å². The van der Waals surface area contributed by atoms with Crippen LogP contribution in [0, 0.1) is 6.92 Å². The lowest BCUT2D eigenvalue weighted by atomic mass is 10.0. The predicted molar refractivity (Wildman–Crippen MR) is 90.7 cm³/mol. The third-order valence-corrected chi connectivity index (χ3v) is 5.17. The summed E-state index contributed by atoms with van der Waals surface area (Å²) in [5.74, 6) is 1.84. The Morgan fingerprint density at radius 2 is 2.26 bits per heavy atom. The van der Waals surface area contributed by atoms with Crippen molar-refractivity contribution in [2.24, 2.45) is 7.05 Å². The van der Waals surface area contributed by atoms with Crippen LogP contribution >= 0.6 is 11.3 Å². The van der Waals surface area contributed by atoms with Gasteiger partial charge in [0, 0.05) is 30.9 Å². The molecule has 1 fully saturated rings.